The van der Waals surface area contributed by atoms with E-state index in [0.717, 1.165) is 24.0 Å². The molecule has 2 aromatic rings. The minimum absolute atomic E-state index is 0.408. The minimum Gasteiger partial charge on any atom is -0.336 e. The van der Waals surface area contributed by atoms with Crippen molar-refractivity contribution in [2.24, 2.45) is 0 Å². The van der Waals surface area contributed by atoms with Crippen LogP contribution in [0.2, 0.25) is 0 Å². The SMILES string of the molecule is CCC(NCCn1ccnc1)c1cccc(Br)c1. The van der Waals surface area contributed by atoms with Gasteiger partial charge in [0.2, 0.25) is 0 Å². The fourth-order valence-corrected chi connectivity index (χ4v) is 2.43. The Morgan fingerprint density at radius 1 is 1.44 bits per heavy atom. The Morgan fingerprint density at radius 2 is 2.33 bits per heavy atom. The molecule has 0 saturated carbocycles. The largest absolute Gasteiger partial charge is 0.336 e. The average molecular weight is 308 g/mol. The lowest BCUT2D eigenvalue weighted by molar-refractivity contribution is 0.492. The van der Waals surface area contributed by atoms with E-state index in [1.54, 1.807) is 0 Å². The third kappa shape index (κ3) is 3.68. The second kappa shape index (κ2) is 6.71. The van der Waals surface area contributed by atoms with Gasteiger partial charge in [0.1, 0.15) is 0 Å². The molecule has 18 heavy (non-hydrogen) atoms. The molecule has 0 aliphatic rings. The molecule has 0 bridgehead atoms. The summed E-state index contributed by atoms with van der Waals surface area (Å²) in [6, 6.07) is 8.90. The van der Waals surface area contributed by atoms with Crippen molar-refractivity contribution in [3.8, 4) is 0 Å². The molecule has 1 aromatic carbocycles. The number of hydrogen-bond acceptors (Lipinski definition) is 2. The molecule has 1 unspecified atom stereocenters. The number of imidazole rings is 1. The van der Waals surface area contributed by atoms with E-state index in [-0.39, 0.29) is 0 Å². The van der Waals surface area contributed by atoms with Crippen LogP contribution in [0, 0.1) is 0 Å². The molecule has 0 saturated heterocycles. The first-order valence-electron chi connectivity index (χ1n) is 6.24. The van der Waals surface area contributed by atoms with E-state index in [1.807, 2.05) is 18.7 Å². The molecule has 4 heteroatoms. The topological polar surface area (TPSA) is 29.9 Å². The van der Waals surface area contributed by atoms with E-state index < -0.39 is 0 Å². The highest BCUT2D eigenvalue weighted by Crippen LogP contribution is 2.20. The lowest BCUT2D eigenvalue weighted by Gasteiger charge is -2.18. The Hall–Kier alpha value is -1.13. The van der Waals surface area contributed by atoms with Crippen molar-refractivity contribution in [3.63, 3.8) is 0 Å². The zero-order chi connectivity index (χ0) is 12.8. The molecular formula is C14H18BrN3. The van der Waals surface area contributed by atoms with Crippen molar-refractivity contribution in [2.75, 3.05) is 6.54 Å². The molecule has 0 spiro atoms. The highest BCUT2D eigenvalue weighted by atomic mass is 79.9. The van der Waals surface area contributed by atoms with Gasteiger partial charge in [-0.25, -0.2) is 4.98 Å². The smallest absolute Gasteiger partial charge is 0.0946 e. The lowest BCUT2D eigenvalue weighted by atomic mass is 10.0. The van der Waals surface area contributed by atoms with Gasteiger partial charge in [0.05, 0.1) is 6.33 Å². The molecule has 0 fully saturated rings. The summed E-state index contributed by atoms with van der Waals surface area (Å²) in [5.74, 6) is 0. The second-order valence-electron chi connectivity index (χ2n) is 4.27. The van der Waals surface area contributed by atoms with Gasteiger partial charge in [-0.1, -0.05) is 35.0 Å². The highest BCUT2D eigenvalue weighted by molar-refractivity contribution is 9.10. The normalized spacial score (nSPS) is 12.6. The number of aromatic nitrogens is 2. The Kier molecular flexibility index (Phi) is 4.96. The summed E-state index contributed by atoms with van der Waals surface area (Å²) < 4.78 is 3.22. The number of halogens is 1. The summed E-state index contributed by atoms with van der Waals surface area (Å²) >= 11 is 3.52. The maximum absolute atomic E-state index is 4.04. The van der Waals surface area contributed by atoms with Crippen molar-refractivity contribution < 1.29 is 0 Å². The monoisotopic (exact) mass is 307 g/mol. The molecule has 1 heterocycles. The van der Waals surface area contributed by atoms with Crippen molar-refractivity contribution in [1.29, 1.82) is 0 Å². The van der Waals surface area contributed by atoms with Crippen LogP contribution in [0.15, 0.2) is 47.5 Å². The molecule has 0 amide bonds. The number of hydrogen-bond donors (Lipinski definition) is 1. The molecule has 2 rings (SSSR count). The maximum Gasteiger partial charge on any atom is 0.0946 e. The Labute approximate surface area is 116 Å². The molecule has 0 aliphatic heterocycles. The summed E-state index contributed by atoms with van der Waals surface area (Å²) in [5, 5.41) is 3.58. The van der Waals surface area contributed by atoms with E-state index in [0.29, 0.717) is 6.04 Å². The van der Waals surface area contributed by atoms with Gasteiger partial charge in [-0.3, -0.25) is 0 Å². The fourth-order valence-electron chi connectivity index (χ4n) is 2.01. The first-order chi connectivity index (χ1) is 8.79. The Morgan fingerprint density at radius 3 is 3.00 bits per heavy atom. The van der Waals surface area contributed by atoms with Crippen molar-refractivity contribution in [1.82, 2.24) is 14.9 Å². The van der Waals surface area contributed by atoms with Gasteiger partial charge in [-0.05, 0) is 24.1 Å². The molecule has 3 nitrogen and oxygen atoms in total. The summed E-state index contributed by atoms with van der Waals surface area (Å²) in [5.41, 5.74) is 1.33. The van der Waals surface area contributed by atoms with Crippen molar-refractivity contribution in [2.45, 2.75) is 25.9 Å². The van der Waals surface area contributed by atoms with E-state index in [9.17, 15) is 0 Å². The van der Waals surface area contributed by atoms with Gasteiger partial charge < -0.3 is 9.88 Å². The maximum atomic E-state index is 4.04. The van der Waals surface area contributed by atoms with Crippen molar-refractivity contribution >= 4 is 15.9 Å². The third-order valence-corrected chi connectivity index (χ3v) is 3.47. The second-order valence-corrected chi connectivity index (χ2v) is 5.19. The van der Waals surface area contributed by atoms with Crippen LogP contribution in [-0.4, -0.2) is 16.1 Å². The summed E-state index contributed by atoms with van der Waals surface area (Å²) in [6.45, 7) is 4.10. The van der Waals surface area contributed by atoms with Crippen LogP contribution in [0.4, 0.5) is 0 Å². The number of nitrogens with zero attached hydrogens (tertiary/aromatic N) is 2. The summed E-state index contributed by atoms with van der Waals surface area (Å²) in [7, 11) is 0. The van der Waals surface area contributed by atoms with Crippen LogP contribution in [0.1, 0.15) is 24.9 Å². The minimum atomic E-state index is 0.408. The van der Waals surface area contributed by atoms with Gasteiger partial charge in [0.15, 0.2) is 0 Å². The van der Waals surface area contributed by atoms with Gasteiger partial charge in [0.25, 0.3) is 0 Å². The Bertz CT molecular complexity index is 468. The van der Waals surface area contributed by atoms with E-state index in [2.05, 4.69) is 62.0 Å². The summed E-state index contributed by atoms with van der Waals surface area (Å²) in [6.07, 6.45) is 6.73. The van der Waals surface area contributed by atoms with Crippen molar-refractivity contribution in [3.05, 3.63) is 53.0 Å². The predicted octanol–water partition coefficient (Wildman–Crippen LogP) is 3.39. The molecular weight excluding hydrogens is 290 g/mol. The fraction of sp³-hybridized carbons (Fsp3) is 0.357. The van der Waals surface area contributed by atoms with E-state index >= 15 is 0 Å². The zero-order valence-electron chi connectivity index (χ0n) is 10.5. The lowest BCUT2D eigenvalue weighted by Crippen LogP contribution is -2.24. The first kappa shape index (κ1) is 13.3. The van der Waals surface area contributed by atoms with E-state index in [1.165, 1.54) is 5.56 Å². The van der Waals surface area contributed by atoms with Crippen LogP contribution in [0.25, 0.3) is 0 Å². The van der Waals surface area contributed by atoms with Gasteiger partial charge >= 0.3 is 0 Å². The first-order valence-corrected chi connectivity index (χ1v) is 7.03. The number of nitrogens with one attached hydrogen (secondary N) is 1. The quantitative estimate of drug-likeness (QED) is 0.886. The number of rotatable bonds is 6. The average Bonchev–Trinajstić information content (AvgIpc) is 2.88. The van der Waals surface area contributed by atoms with Crippen LogP contribution >= 0.6 is 15.9 Å². The van der Waals surface area contributed by atoms with Crippen LogP contribution in [0.5, 0.6) is 0 Å². The van der Waals surface area contributed by atoms with E-state index in [4.69, 9.17) is 0 Å². The summed E-state index contributed by atoms with van der Waals surface area (Å²) in [4.78, 5) is 4.04. The van der Waals surface area contributed by atoms with Gasteiger partial charge in [-0.15, -0.1) is 0 Å². The molecule has 0 radical (unpaired) electrons. The molecule has 96 valence electrons. The highest BCUT2D eigenvalue weighted by Gasteiger charge is 2.08. The standard InChI is InChI=1S/C14H18BrN3/c1-2-14(12-4-3-5-13(15)10-12)17-7-9-18-8-6-16-11-18/h3-6,8,10-11,14,17H,2,7,9H2,1H3. The van der Waals surface area contributed by atoms with Crippen LogP contribution in [0.3, 0.4) is 0 Å². The van der Waals surface area contributed by atoms with Gasteiger partial charge in [-0.2, -0.15) is 0 Å². The van der Waals surface area contributed by atoms with Crippen LogP contribution in [-0.2, 0) is 6.54 Å². The third-order valence-electron chi connectivity index (χ3n) is 2.98. The zero-order valence-corrected chi connectivity index (χ0v) is 12.1. The molecule has 1 atom stereocenters. The Balaban J connectivity index is 1.89. The number of benzene rings is 1. The van der Waals surface area contributed by atoms with Gasteiger partial charge in [0, 0.05) is 36.0 Å². The molecule has 0 aliphatic carbocycles. The molecule has 1 N–H and O–H groups in total. The predicted molar refractivity (Wildman–Crippen MR) is 77.4 cm³/mol. The molecule has 1 aromatic heterocycles. The van der Waals surface area contributed by atoms with Crippen LogP contribution < -0.4 is 5.32 Å².